The molecular formula is C17H9FNO3S2-. The Kier molecular flexibility index (Phi) is 4.46. The molecule has 0 bridgehead atoms. The number of anilines is 1. The quantitative estimate of drug-likeness (QED) is 0.623. The van der Waals surface area contributed by atoms with E-state index in [4.69, 9.17) is 12.2 Å². The summed E-state index contributed by atoms with van der Waals surface area (Å²) in [6.07, 6.45) is 1.47. The highest BCUT2D eigenvalue weighted by molar-refractivity contribution is 8.27. The lowest BCUT2D eigenvalue weighted by molar-refractivity contribution is -0.255. The van der Waals surface area contributed by atoms with Gasteiger partial charge < -0.3 is 9.90 Å². The number of thiocarbonyl (C=S) groups is 1. The zero-order valence-electron chi connectivity index (χ0n) is 12.1. The highest BCUT2D eigenvalue weighted by Crippen LogP contribution is 2.36. The Hall–Kier alpha value is -2.51. The van der Waals surface area contributed by atoms with Crippen LogP contribution in [0.4, 0.5) is 10.1 Å². The smallest absolute Gasteiger partial charge is 0.270 e. The number of hydrogen-bond acceptors (Lipinski definition) is 5. The molecule has 2 aromatic rings. The fourth-order valence-corrected chi connectivity index (χ4v) is 3.52. The molecule has 1 fully saturated rings. The number of hydrogen-bond donors (Lipinski definition) is 0. The van der Waals surface area contributed by atoms with Gasteiger partial charge in [-0.25, -0.2) is 4.39 Å². The molecule has 24 heavy (non-hydrogen) atoms. The van der Waals surface area contributed by atoms with Gasteiger partial charge in [-0.1, -0.05) is 48.2 Å². The van der Waals surface area contributed by atoms with Crippen LogP contribution in [0.25, 0.3) is 6.08 Å². The molecule has 0 N–H and O–H groups in total. The molecule has 0 radical (unpaired) electrons. The zero-order chi connectivity index (χ0) is 17.3. The third-order valence-corrected chi connectivity index (χ3v) is 4.65. The van der Waals surface area contributed by atoms with Gasteiger partial charge in [0.05, 0.1) is 16.6 Å². The first-order chi connectivity index (χ1) is 11.5. The van der Waals surface area contributed by atoms with Crippen LogP contribution in [0, 0.1) is 5.82 Å². The molecule has 0 aliphatic carbocycles. The molecule has 0 saturated carbocycles. The van der Waals surface area contributed by atoms with Crippen molar-refractivity contribution in [3.05, 3.63) is 70.4 Å². The van der Waals surface area contributed by atoms with Crippen LogP contribution in [0.2, 0.25) is 0 Å². The lowest BCUT2D eigenvalue weighted by atomic mass is 10.1. The Morgan fingerprint density at radius 1 is 1.17 bits per heavy atom. The number of aromatic carboxylic acids is 1. The Morgan fingerprint density at radius 3 is 2.50 bits per heavy atom. The molecule has 7 heteroatoms. The number of carboxylic acid groups (broad SMARTS) is 1. The Balaban J connectivity index is 1.97. The average molecular weight is 358 g/mol. The topological polar surface area (TPSA) is 60.4 Å². The predicted molar refractivity (Wildman–Crippen MR) is 92.8 cm³/mol. The summed E-state index contributed by atoms with van der Waals surface area (Å²) in [5.41, 5.74) is 0.803. The maximum atomic E-state index is 13.0. The minimum Gasteiger partial charge on any atom is -0.545 e. The molecule has 1 saturated heterocycles. The monoisotopic (exact) mass is 358 g/mol. The zero-order valence-corrected chi connectivity index (χ0v) is 13.7. The van der Waals surface area contributed by atoms with Crippen LogP contribution in [0.5, 0.6) is 0 Å². The van der Waals surface area contributed by atoms with Crippen molar-refractivity contribution in [2.24, 2.45) is 0 Å². The molecule has 4 nitrogen and oxygen atoms in total. The van der Waals surface area contributed by atoms with E-state index in [0.717, 1.165) is 11.8 Å². The second kappa shape index (κ2) is 6.54. The molecule has 0 spiro atoms. The van der Waals surface area contributed by atoms with Crippen LogP contribution < -0.4 is 10.0 Å². The molecular weight excluding hydrogens is 349 g/mol. The summed E-state index contributed by atoms with van der Waals surface area (Å²) in [6, 6.07) is 11.6. The highest BCUT2D eigenvalue weighted by atomic mass is 32.2. The van der Waals surface area contributed by atoms with Gasteiger partial charge in [-0.3, -0.25) is 9.69 Å². The van der Waals surface area contributed by atoms with Crippen molar-refractivity contribution in [1.29, 1.82) is 0 Å². The fraction of sp³-hybridized carbons (Fsp3) is 0. The maximum Gasteiger partial charge on any atom is 0.270 e. The number of carboxylic acids is 1. The van der Waals surface area contributed by atoms with Crippen molar-refractivity contribution in [1.82, 2.24) is 0 Å². The second-order valence-corrected chi connectivity index (χ2v) is 6.54. The van der Waals surface area contributed by atoms with E-state index >= 15 is 0 Å². The molecule has 1 aliphatic heterocycles. The van der Waals surface area contributed by atoms with Gasteiger partial charge in [0.25, 0.3) is 5.91 Å². The van der Waals surface area contributed by atoms with Gasteiger partial charge in [0.2, 0.25) is 0 Å². The second-order valence-electron chi connectivity index (χ2n) is 4.87. The van der Waals surface area contributed by atoms with Crippen molar-refractivity contribution in [2.45, 2.75) is 0 Å². The Morgan fingerprint density at radius 2 is 1.83 bits per heavy atom. The third kappa shape index (κ3) is 3.08. The van der Waals surface area contributed by atoms with E-state index in [-0.39, 0.29) is 16.4 Å². The lowest BCUT2D eigenvalue weighted by Crippen LogP contribution is -2.27. The van der Waals surface area contributed by atoms with Crippen molar-refractivity contribution < 1.29 is 19.1 Å². The molecule has 0 atom stereocenters. The number of benzene rings is 2. The summed E-state index contributed by atoms with van der Waals surface area (Å²) >= 11 is 6.27. The number of rotatable bonds is 3. The van der Waals surface area contributed by atoms with Gasteiger partial charge in [-0.2, -0.15) is 0 Å². The van der Waals surface area contributed by atoms with Gasteiger partial charge in [0.1, 0.15) is 5.82 Å². The summed E-state index contributed by atoms with van der Waals surface area (Å²) in [5.74, 6) is -2.12. The first kappa shape index (κ1) is 16.4. The van der Waals surface area contributed by atoms with Crippen LogP contribution in [-0.2, 0) is 4.79 Å². The minimum absolute atomic E-state index is 0.00968. The first-order valence-corrected chi connectivity index (χ1v) is 8.04. The van der Waals surface area contributed by atoms with Crippen molar-refractivity contribution in [3.8, 4) is 0 Å². The standard InChI is InChI=1S/C17H10FNO3S2/c18-11-5-7-12(8-6-11)19-15(20)14(24-17(19)23)9-10-3-1-2-4-13(10)16(21)22/h1-9H,(H,21,22)/p-1/b14-9+. The highest BCUT2D eigenvalue weighted by Gasteiger charge is 2.33. The molecule has 2 aromatic carbocycles. The maximum absolute atomic E-state index is 13.0. The van der Waals surface area contributed by atoms with Crippen LogP contribution in [0.3, 0.4) is 0 Å². The molecule has 1 heterocycles. The summed E-state index contributed by atoms with van der Waals surface area (Å²) in [4.78, 5) is 25.3. The molecule has 0 unspecified atom stereocenters. The average Bonchev–Trinajstić information content (AvgIpc) is 2.83. The van der Waals surface area contributed by atoms with E-state index < -0.39 is 11.8 Å². The number of nitrogens with zero attached hydrogens (tertiary/aromatic N) is 1. The Bertz CT molecular complexity index is 878. The normalized spacial score (nSPS) is 16.0. The summed E-state index contributed by atoms with van der Waals surface area (Å²) in [5, 5.41) is 11.2. The van der Waals surface area contributed by atoms with Gasteiger partial charge in [-0.15, -0.1) is 0 Å². The summed E-state index contributed by atoms with van der Waals surface area (Å²) in [6.45, 7) is 0. The SMILES string of the molecule is O=C([O-])c1ccccc1/C=C1/SC(=S)N(c2ccc(F)cc2)C1=O. The molecule has 1 amide bonds. The van der Waals surface area contributed by atoms with Crippen molar-refractivity contribution in [3.63, 3.8) is 0 Å². The first-order valence-electron chi connectivity index (χ1n) is 6.81. The van der Waals surface area contributed by atoms with E-state index in [1.165, 1.54) is 41.3 Å². The van der Waals surface area contributed by atoms with E-state index in [9.17, 15) is 19.1 Å². The van der Waals surface area contributed by atoms with Crippen LogP contribution in [0.15, 0.2) is 53.4 Å². The Labute approximate surface area is 146 Å². The number of amides is 1. The fourth-order valence-electron chi connectivity index (χ4n) is 2.23. The predicted octanol–water partition coefficient (Wildman–Crippen LogP) is 2.60. The van der Waals surface area contributed by atoms with E-state index in [1.807, 2.05) is 0 Å². The van der Waals surface area contributed by atoms with E-state index in [0.29, 0.717) is 15.6 Å². The van der Waals surface area contributed by atoms with E-state index in [1.54, 1.807) is 18.2 Å². The molecule has 120 valence electrons. The number of carbonyl (C=O) groups excluding carboxylic acids is 2. The molecule has 3 rings (SSSR count). The largest absolute Gasteiger partial charge is 0.545 e. The molecule has 0 aromatic heterocycles. The third-order valence-electron chi connectivity index (χ3n) is 3.35. The number of halogens is 1. The number of thioether (sulfide) groups is 1. The van der Waals surface area contributed by atoms with Gasteiger partial charge >= 0.3 is 0 Å². The van der Waals surface area contributed by atoms with Gasteiger partial charge in [0.15, 0.2) is 4.32 Å². The summed E-state index contributed by atoms with van der Waals surface area (Å²) in [7, 11) is 0. The van der Waals surface area contributed by atoms with Crippen LogP contribution in [-0.4, -0.2) is 16.2 Å². The summed E-state index contributed by atoms with van der Waals surface area (Å²) < 4.78 is 13.3. The van der Waals surface area contributed by atoms with Crippen LogP contribution in [0.1, 0.15) is 15.9 Å². The van der Waals surface area contributed by atoms with Gasteiger partial charge in [0, 0.05) is 5.56 Å². The van der Waals surface area contributed by atoms with Gasteiger partial charge in [-0.05, 0) is 35.9 Å². The van der Waals surface area contributed by atoms with Crippen molar-refractivity contribution >= 4 is 51.9 Å². The molecule has 1 aliphatic rings. The van der Waals surface area contributed by atoms with E-state index in [2.05, 4.69) is 0 Å². The lowest BCUT2D eigenvalue weighted by Gasteiger charge is -2.14. The van der Waals surface area contributed by atoms with Crippen LogP contribution >= 0.6 is 24.0 Å². The number of carbonyl (C=O) groups is 2. The minimum atomic E-state index is -1.32. The van der Waals surface area contributed by atoms with Crippen molar-refractivity contribution in [2.75, 3.05) is 4.90 Å².